The Labute approximate surface area is 226 Å². The molecule has 8 heteroatoms. The number of hydrogen-bond donors (Lipinski definition) is 3. The second-order valence-corrected chi connectivity index (χ2v) is 10.5. The van der Waals surface area contributed by atoms with Crippen molar-refractivity contribution in [2.24, 2.45) is 5.92 Å². The number of phenolic OH excluding ortho intramolecular Hbond substituents is 1. The molecule has 0 aromatic heterocycles. The predicted molar refractivity (Wildman–Crippen MR) is 150 cm³/mol. The molecule has 3 atom stereocenters. The average Bonchev–Trinajstić information content (AvgIpc) is 2.83. The lowest BCUT2D eigenvalue weighted by atomic mass is 9.95. The number of ether oxygens (including phenoxy) is 1. The maximum absolute atomic E-state index is 14.1. The van der Waals surface area contributed by atoms with Gasteiger partial charge in [-0.25, -0.2) is 4.79 Å². The van der Waals surface area contributed by atoms with Gasteiger partial charge in [0, 0.05) is 12.2 Å². The predicted octanol–water partition coefficient (Wildman–Crippen LogP) is 5.64. The minimum atomic E-state index is -1.06. The molecule has 2 aromatic rings. The Morgan fingerprint density at radius 1 is 1.11 bits per heavy atom. The summed E-state index contributed by atoms with van der Waals surface area (Å²) in [6.07, 6.45) is 1.43. The van der Waals surface area contributed by atoms with Crippen LogP contribution >= 0.6 is 0 Å². The molecule has 206 valence electrons. The van der Waals surface area contributed by atoms with Gasteiger partial charge < -0.3 is 25.4 Å². The first kappa shape index (κ1) is 30.4. The third kappa shape index (κ3) is 8.10. The van der Waals surface area contributed by atoms with Crippen LogP contribution in [0.4, 0.5) is 10.5 Å². The van der Waals surface area contributed by atoms with Gasteiger partial charge in [0.05, 0.1) is 0 Å². The number of phenols is 1. The molecule has 0 aliphatic heterocycles. The Morgan fingerprint density at radius 2 is 1.76 bits per heavy atom. The van der Waals surface area contributed by atoms with E-state index in [0.717, 1.165) is 5.56 Å². The SMILES string of the molecule is C=CCN(C(=O)C(NC(=O)OC(C)(C)C)C(C)CC)C(C(=O)Nc1ccccc1C)c1ccc(O)c(C)c1. The molecule has 3 amide bonds. The number of nitrogens with one attached hydrogen (secondary N) is 2. The minimum Gasteiger partial charge on any atom is -0.508 e. The smallest absolute Gasteiger partial charge is 0.408 e. The fourth-order valence-electron chi connectivity index (χ4n) is 3.99. The van der Waals surface area contributed by atoms with Gasteiger partial charge in [0.2, 0.25) is 5.91 Å². The highest BCUT2D eigenvalue weighted by Gasteiger charge is 2.38. The molecule has 3 unspecified atom stereocenters. The molecule has 0 heterocycles. The number of amides is 3. The molecule has 2 aromatic carbocycles. The van der Waals surface area contributed by atoms with Crippen LogP contribution in [0.1, 0.15) is 63.8 Å². The summed E-state index contributed by atoms with van der Waals surface area (Å²) in [5.74, 6) is -1.04. The summed E-state index contributed by atoms with van der Waals surface area (Å²) < 4.78 is 5.42. The molecule has 0 bridgehead atoms. The van der Waals surface area contributed by atoms with Crippen LogP contribution in [0.3, 0.4) is 0 Å². The summed E-state index contributed by atoms with van der Waals surface area (Å²) >= 11 is 0. The van der Waals surface area contributed by atoms with Crippen molar-refractivity contribution in [2.75, 3.05) is 11.9 Å². The van der Waals surface area contributed by atoms with E-state index in [2.05, 4.69) is 17.2 Å². The Bertz CT molecular complexity index is 1150. The van der Waals surface area contributed by atoms with E-state index in [1.54, 1.807) is 52.0 Å². The van der Waals surface area contributed by atoms with Crippen LogP contribution in [0.5, 0.6) is 5.75 Å². The largest absolute Gasteiger partial charge is 0.508 e. The van der Waals surface area contributed by atoms with E-state index in [-0.39, 0.29) is 18.2 Å². The van der Waals surface area contributed by atoms with Crippen LogP contribution in [0.25, 0.3) is 0 Å². The molecule has 0 saturated carbocycles. The van der Waals surface area contributed by atoms with Crippen LogP contribution in [-0.4, -0.2) is 46.1 Å². The van der Waals surface area contributed by atoms with E-state index < -0.39 is 35.6 Å². The Kier molecular flexibility index (Phi) is 10.5. The number of para-hydroxylation sites is 1. The second kappa shape index (κ2) is 13.1. The Hall–Kier alpha value is -3.81. The van der Waals surface area contributed by atoms with E-state index in [9.17, 15) is 19.5 Å². The fourth-order valence-corrected chi connectivity index (χ4v) is 3.99. The number of benzene rings is 2. The number of aryl methyl sites for hydroxylation is 2. The van der Waals surface area contributed by atoms with Crippen molar-refractivity contribution in [2.45, 2.75) is 72.6 Å². The molecule has 0 spiro atoms. The highest BCUT2D eigenvalue weighted by atomic mass is 16.6. The van der Waals surface area contributed by atoms with Gasteiger partial charge >= 0.3 is 6.09 Å². The van der Waals surface area contributed by atoms with Gasteiger partial charge in [0.15, 0.2) is 0 Å². The lowest BCUT2D eigenvalue weighted by Crippen LogP contribution is -2.54. The molecule has 0 aliphatic rings. The topological polar surface area (TPSA) is 108 Å². The van der Waals surface area contributed by atoms with Crippen molar-refractivity contribution < 1.29 is 24.2 Å². The van der Waals surface area contributed by atoms with E-state index in [4.69, 9.17) is 4.74 Å². The second-order valence-electron chi connectivity index (χ2n) is 10.5. The average molecular weight is 524 g/mol. The monoisotopic (exact) mass is 523 g/mol. The number of hydrogen-bond acceptors (Lipinski definition) is 5. The summed E-state index contributed by atoms with van der Waals surface area (Å²) in [4.78, 5) is 42.0. The van der Waals surface area contributed by atoms with Gasteiger partial charge in [-0.1, -0.05) is 50.6 Å². The first-order valence-electron chi connectivity index (χ1n) is 12.9. The number of nitrogens with zero attached hydrogens (tertiary/aromatic N) is 1. The molecule has 8 nitrogen and oxygen atoms in total. The maximum Gasteiger partial charge on any atom is 0.408 e. The number of alkyl carbamates (subject to hydrolysis) is 1. The number of carbonyl (C=O) groups is 3. The minimum absolute atomic E-state index is 0.0492. The Morgan fingerprint density at radius 3 is 2.32 bits per heavy atom. The van der Waals surface area contributed by atoms with E-state index in [0.29, 0.717) is 23.2 Å². The molecule has 0 radical (unpaired) electrons. The zero-order valence-corrected chi connectivity index (χ0v) is 23.5. The van der Waals surface area contributed by atoms with Crippen LogP contribution in [-0.2, 0) is 14.3 Å². The van der Waals surface area contributed by atoms with Crippen molar-refractivity contribution >= 4 is 23.6 Å². The first-order chi connectivity index (χ1) is 17.8. The zero-order chi connectivity index (χ0) is 28.6. The Balaban J connectivity index is 2.57. The van der Waals surface area contributed by atoms with Crippen LogP contribution < -0.4 is 10.6 Å². The van der Waals surface area contributed by atoms with Crippen molar-refractivity contribution in [3.63, 3.8) is 0 Å². The van der Waals surface area contributed by atoms with E-state index in [1.807, 2.05) is 39.0 Å². The molecule has 38 heavy (non-hydrogen) atoms. The van der Waals surface area contributed by atoms with Gasteiger partial charge in [0.1, 0.15) is 23.4 Å². The van der Waals surface area contributed by atoms with Crippen molar-refractivity contribution in [3.8, 4) is 5.75 Å². The summed E-state index contributed by atoms with van der Waals surface area (Å²) in [6.45, 7) is 16.5. The highest BCUT2D eigenvalue weighted by molar-refractivity contribution is 5.99. The van der Waals surface area contributed by atoms with Crippen LogP contribution in [0.2, 0.25) is 0 Å². The van der Waals surface area contributed by atoms with Crippen molar-refractivity contribution in [3.05, 3.63) is 71.8 Å². The van der Waals surface area contributed by atoms with E-state index >= 15 is 0 Å². The van der Waals surface area contributed by atoms with Gasteiger partial charge in [-0.3, -0.25) is 9.59 Å². The highest BCUT2D eigenvalue weighted by Crippen LogP contribution is 2.29. The lowest BCUT2D eigenvalue weighted by molar-refractivity contribution is -0.141. The van der Waals surface area contributed by atoms with Gasteiger partial charge in [-0.05, 0) is 75.4 Å². The van der Waals surface area contributed by atoms with Crippen molar-refractivity contribution in [1.29, 1.82) is 0 Å². The summed E-state index contributed by atoms with van der Waals surface area (Å²) in [7, 11) is 0. The van der Waals surface area contributed by atoms with Gasteiger partial charge in [0.25, 0.3) is 5.91 Å². The van der Waals surface area contributed by atoms with Gasteiger partial charge in [-0.2, -0.15) is 0 Å². The maximum atomic E-state index is 14.1. The van der Waals surface area contributed by atoms with E-state index in [1.165, 1.54) is 11.0 Å². The van der Waals surface area contributed by atoms with Crippen molar-refractivity contribution in [1.82, 2.24) is 10.2 Å². The number of anilines is 1. The standard InChI is InChI=1S/C30H41N3O5/c1-9-17-33(28(36)25(19(3)10-2)32-29(37)38-30(6,7)8)26(22-15-16-24(34)21(5)18-22)27(35)31-23-14-12-11-13-20(23)4/h9,11-16,18-19,25-26,34H,1,10,17H2,2-8H3,(H,31,35)(H,32,37). The van der Waals surface area contributed by atoms with Crippen LogP contribution in [0.15, 0.2) is 55.1 Å². The molecule has 3 N–H and O–H groups in total. The summed E-state index contributed by atoms with van der Waals surface area (Å²) in [5.41, 5.74) is 1.82. The first-order valence-corrected chi connectivity index (χ1v) is 12.9. The summed E-state index contributed by atoms with van der Waals surface area (Å²) in [5, 5.41) is 15.8. The quantitative estimate of drug-likeness (QED) is 0.349. The third-order valence-electron chi connectivity index (χ3n) is 6.26. The molecule has 0 aliphatic carbocycles. The number of carbonyl (C=O) groups excluding carboxylic acids is 3. The summed E-state index contributed by atoms with van der Waals surface area (Å²) in [6, 6.07) is 10.2. The number of rotatable bonds is 10. The third-order valence-corrected chi connectivity index (χ3v) is 6.26. The normalized spacial score (nSPS) is 13.6. The number of aromatic hydroxyl groups is 1. The molecule has 0 fully saturated rings. The molecule has 0 saturated heterocycles. The van der Waals surface area contributed by atoms with Crippen LogP contribution in [0, 0.1) is 19.8 Å². The zero-order valence-electron chi connectivity index (χ0n) is 23.5. The molecule has 2 rings (SSSR count). The lowest BCUT2D eigenvalue weighted by Gasteiger charge is -2.35. The molecular formula is C30H41N3O5. The fraction of sp³-hybridized carbons (Fsp3) is 0.433. The van der Waals surface area contributed by atoms with Gasteiger partial charge in [-0.15, -0.1) is 6.58 Å². The molecular weight excluding hydrogens is 482 g/mol.